The summed E-state index contributed by atoms with van der Waals surface area (Å²) in [5.74, 6) is 1.13. The molecule has 0 radical (unpaired) electrons. The Kier molecular flexibility index (Phi) is 5.61. The molecule has 0 aliphatic rings. The number of hydrogen-bond acceptors (Lipinski definition) is 5. The average Bonchev–Trinajstić information content (AvgIpc) is 2.96. The van der Waals surface area contributed by atoms with Crippen molar-refractivity contribution >= 4 is 34.8 Å². The predicted molar refractivity (Wildman–Crippen MR) is 101 cm³/mol. The third kappa shape index (κ3) is 4.19. The molecule has 138 valence electrons. The van der Waals surface area contributed by atoms with Crippen molar-refractivity contribution < 1.29 is 9.47 Å². The zero-order chi connectivity index (χ0) is 19.6. The molecule has 3 rings (SSSR count). The number of aromatic nitrogens is 3. The summed E-state index contributed by atoms with van der Waals surface area (Å²) in [4.78, 5) is 11.4. The lowest BCUT2D eigenvalue weighted by molar-refractivity contribution is 0.290. The van der Waals surface area contributed by atoms with Gasteiger partial charge in [-0.2, -0.15) is 10.4 Å². The first-order valence-corrected chi connectivity index (χ1v) is 8.62. The largest absolute Gasteiger partial charge is 0.484 e. The Labute approximate surface area is 168 Å². The summed E-state index contributed by atoms with van der Waals surface area (Å²) in [6, 6.07) is 9.65. The summed E-state index contributed by atoms with van der Waals surface area (Å²) in [5, 5.41) is 15.9. The van der Waals surface area contributed by atoms with Crippen LogP contribution in [0.3, 0.4) is 0 Å². The molecule has 0 aliphatic carbocycles. The molecule has 1 N–H and O–H groups in total. The van der Waals surface area contributed by atoms with Crippen LogP contribution in [0, 0.1) is 11.3 Å². The summed E-state index contributed by atoms with van der Waals surface area (Å²) in [6.07, 6.45) is 0. The third-order valence-electron chi connectivity index (χ3n) is 3.56. The molecule has 0 fully saturated rings. The van der Waals surface area contributed by atoms with Crippen LogP contribution < -0.4 is 15.2 Å². The molecule has 0 aliphatic heterocycles. The molecule has 1 aromatic heterocycles. The number of nitriles is 1. The highest BCUT2D eigenvalue weighted by Gasteiger charge is 2.16. The lowest BCUT2D eigenvalue weighted by Crippen LogP contribution is -2.15. The number of hydrogen-bond donors (Lipinski definition) is 1. The van der Waals surface area contributed by atoms with Crippen molar-refractivity contribution in [2.24, 2.45) is 7.05 Å². The normalized spacial score (nSPS) is 10.5. The molecule has 0 amide bonds. The Morgan fingerprint density at radius 3 is 2.70 bits per heavy atom. The van der Waals surface area contributed by atoms with Gasteiger partial charge in [-0.25, -0.2) is 9.89 Å². The van der Waals surface area contributed by atoms with Gasteiger partial charge in [-0.15, -0.1) is 0 Å². The van der Waals surface area contributed by atoms with Gasteiger partial charge in [-0.3, -0.25) is 4.57 Å². The van der Waals surface area contributed by atoms with Crippen LogP contribution in [0.2, 0.25) is 15.1 Å². The van der Waals surface area contributed by atoms with E-state index in [0.29, 0.717) is 22.2 Å². The Balaban J connectivity index is 1.87. The van der Waals surface area contributed by atoms with E-state index in [0.717, 1.165) is 0 Å². The Bertz CT molecular complexity index is 1100. The topological polar surface area (TPSA) is 92.9 Å². The number of H-pyrrole nitrogens is 1. The van der Waals surface area contributed by atoms with Crippen LogP contribution in [0.25, 0.3) is 0 Å². The van der Waals surface area contributed by atoms with Gasteiger partial charge in [-0.05, 0) is 30.3 Å². The monoisotopic (exact) mass is 424 g/mol. The van der Waals surface area contributed by atoms with E-state index < -0.39 is 0 Å². The first-order chi connectivity index (χ1) is 12.9. The van der Waals surface area contributed by atoms with Gasteiger partial charge in [0.25, 0.3) is 0 Å². The van der Waals surface area contributed by atoms with Crippen molar-refractivity contribution in [3.8, 4) is 23.3 Å². The Morgan fingerprint density at radius 2 is 2.04 bits per heavy atom. The fourth-order valence-electron chi connectivity index (χ4n) is 2.17. The van der Waals surface area contributed by atoms with Crippen LogP contribution >= 0.6 is 34.8 Å². The number of nitrogens with one attached hydrogen (secondary N) is 1. The molecule has 7 nitrogen and oxygen atoms in total. The van der Waals surface area contributed by atoms with Gasteiger partial charge in [0.15, 0.2) is 11.6 Å². The molecule has 2 aromatic carbocycles. The van der Waals surface area contributed by atoms with Crippen molar-refractivity contribution in [2.45, 2.75) is 6.61 Å². The average molecular weight is 426 g/mol. The molecule has 0 bridgehead atoms. The Morgan fingerprint density at radius 1 is 1.26 bits per heavy atom. The lowest BCUT2D eigenvalue weighted by Gasteiger charge is -2.14. The first kappa shape index (κ1) is 19.1. The van der Waals surface area contributed by atoms with Gasteiger partial charge in [0, 0.05) is 12.1 Å². The van der Waals surface area contributed by atoms with Crippen molar-refractivity contribution in [3.63, 3.8) is 0 Å². The highest BCUT2D eigenvalue weighted by atomic mass is 35.5. The van der Waals surface area contributed by atoms with Crippen LogP contribution in [0.5, 0.6) is 17.2 Å². The minimum Gasteiger partial charge on any atom is -0.484 e. The van der Waals surface area contributed by atoms with E-state index in [2.05, 4.69) is 10.2 Å². The Hall–Kier alpha value is -2.66. The predicted octanol–water partition coefficient (Wildman–Crippen LogP) is 4.31. The smallest absolute Gasteiger partial charge is 0.343 e. The molecular weight excluding hydrogens is 415 g/mol. The maximum absolute atomic E-state index is 11.4. The zero-order valence-corrected chi connectivity index (χ0v) is 16.1. The van der Waals surface area contributed by atoms with E-state index in [1.807, 2.05) is 6.07 Å². The molecule has 3 aromatic rings. The van der Waals surface area contributed by atoms with E-state index in [9.17, 15) is 4.79 Å². The highest BCUT2D eigenvalue weighted by Crippen LogP contribution is 2.42. The summed E-state index contributed by atoms with van der Waals surface area (Å²) in [6.45, 7) is 0.00573. The maximum atomic E-state index is 11.4. The van der Waals surface area contributed by atoms with Crippen LogP contribution in [0.1, 0.15) is 11.4 Å². The zero-order valence-electron chi connectivity index (χ0n) is 13.8. The summed E-state index contributed by atoms with van der Waals surface area (Å²) in [5.41, 5.74) is -0.0225. The van der Waals surface area contributed by atoms with E-state index in [-0.39, 0.29) is 33.8 Å². The van der Waals surface area contributed by atoms with Gasteiger partial charge in [0.1, 0.15) is 23.1 Å². The summed E-state index contributed by atoms with van der Waals surface area (Å²) >= 11 is 18.5. The second-order valence-corrected chi connectivity index (χ2v) is 6.59. The second-order valence-electron chi connectivity index (χ2n) is 5.37. The van der Waals surface area contributed by atoms with Crippen LogP contribution in [0.15, 0.2) is 35.1 Å². The summed E-state index contributed by atoms with van der Waals surface area (Å²) < 4.78 is 12.7. The molecule has 27 heavy (non-hydrogen) atoms. The van der Waals surface area contributed by atoms with Crippen LogP contribution in [0.4, 0.5) is 0 Å². The number of ether oxygens (including phenoxy) is 2. The van der Waals surface area contributed by atoms with Gasteiger partial charge in [0.05, 0.1) is 16.7 Å². The number of benzene rings is 2. The van der Waals surface area contributed by atoms with Crippen LogP contribution in [-0.4, -0.2) is 14.8 Å². The molecule has 0 saturated heterocycles. The maximum Gasteiger partial charge on any atom is 0.343 e. The van der Waals surface area contributed by atoms with Crippen LogP contribution in [-0.2, 0) is 13.7 Å². The first-order valence-electron chi connectivity index (χ1n) is 7.48. The van der Waals surface area contributed by atoms with Gasteiger partial charge in [0.2, 0.25) is 0 Å². The molecule has 0 saturated carbocycles. The fourth-order valence-corrected chi connectivity index (χ4v) is 2.90. The van der Waals surface area contributed by atoms with Crippen molar-refractivity contribution in [1.29, 1.82) is 5.26 Å². The van der Waals surface area contributed by atoms with Crippen molar-refractivity contribution in [2.75, 3.05) is 0 Å². The molecule has 0 spiro atoms. The number of halogens is 3. The highest BCUT2D eigenvalue weighted by molar-refractivity contribution is 6.38. The van der Waals surface area contributed by atoms with E-state index in [1.165, 1.54) is 22.8 Å². The van der Waals surface area contributed by atoms with Gasteiger partial charge >= 0.3 is 5.69 Å². The lowest BCUT2D eigenvalue weighted by atomic mass is 10.2. The molecular formula is C17H11Cl3N4O3. The number of nitrogens with zero attached hydrogens (tertiary/aromatic N) is 3. The molecule has 10 heteroatoms. The van der Waals surface area contributed by atoms with E-state index in [4.69, 9.17) is 49.5 Å². The van der Waals surface area contributed by atoms with Crippen molar-refractivity contribution in [3.05, 3.63) is 67.3 Å². The van der Waals surface area contributed by atoms with E-state index in [1.54, 1.807) is 19.2 Å². The standard InChI is InChI=1S/C17H11Cl3N4O3/c1-24-14(22-23-17(24)25)8-26-13-3-2-12(19)16(15(13)20)27-11-5-9(7-21)4-10(18)6-11/h2-6H,8H2,1H3,(H,23,25). The number of rotatable bonds is 5. The fraction of sp³-hybridized carbons (Fsp3) is 0.118. The van der Waals surface area contributed by atoms with E-state index >= 15 is 0 Å². The van der Waals surface area contributed by atoms with Gasteiger partial charge < -0.3 is 9.47 Å². The number of aromatic amines is 1. The molecule has 0 unspecified atom stereocenters. The SMILES string of the molecule is Cn1c(COc2ccc(Cl)c(Oc3cc(Cl)cc(C#N)c3)c2Cl)n[nH]c1=O. The summed E-state index contributed by atoms with van der Waals surface area (Å²) in [7, 11) is 1.56. The minimum absolute atomic E-state index is 0.00573. The van der Waals surface area contributed by atoms with Gasteiger partial charge in [-0.1, -0.05) is 34.8 Å². The quantitative estimate of drug-likeness (QED) is 0.657. The van der Waals surface area contributed by atoms with Crippen molar-refractivity contribution in [1.82, 2.24) is 14.8 Å². The third-order valence-corrected chi connectivity index (χ3v) is 4.44. The molecule has 0 atom stereocenters. The second kappa shape index (κ2) is 7.92. The minimum atomic E-state index is -0.353. The molecule has 1 heterocycles.